The summed E-state index contributed by atoms with van der Waals surface area (Å²) in [6.45, 7) is 2.60. The largest absolute Gasteiger partial charge is 0.490 e. The van der Waals surface area contributed by atoms with E-state index in [0.29, 0.717) is 35.4 Å². The van der Waals surface area contributed by atoms with Gasteiger partial charge >= 0.3 is 0 Å². The van der Waals surface area contributed by atoms with E-state index in [4.69, 9.17) is 10.00 Å². The Labute approximate surface area is 161 Å². The molecule has 142 valence electrons. The van der Waals surface area contributed by atoms with Gasteiger partial charge < -0.3 is 10.1 Å². The molecule has 0 saturated heterocycles. The monoisotopic (exact) mass is 378 g/mol. The van der Waals surface area contributed by atoms with Gasteiger partial charge in [0.15, 0.2) is 11.6 Å². The highest BCUT2D eigenvalue weighted by atomic mass is 19.1. The Morgan fingerprint density at radius 3 is 2.96 bits per heavy atom. The predicted octanol–water partition coefficient (Wildman–Crippen LogP) is 3.84. The molecule has 8 heteroatoms. The summed E-state index contributed by atoms with van der Waals surface area (Å²) in [4.78, 5) is 8.78. The first-order valence-corrected chi connectivity index (χ1v) is 9.05. The third-order valence-electron chi connectivity index (χ3n) is 4.47. The number of benzene rings is 1. The van der Waals surface area contributed by atoms with Crippen molar-refractivity contribution in [3.63, 3.8) is 0 Å². The number of aromatic nitrogens is 4. The molecule has 1 aromatic carbocycles. The van der Waals surface area contributed by atoms with Crippen LogP contribution in [-0.2, 0) is 6.54 Å². The first-order chi connectivity index (χ1) is 13.6. The van der Waals surface area contributed by atoms with Crippen LogP contribution in [0.25, 0.3) is 11.3 Å². The van der Waals surface area contributed by atoms with Crippen LogP contribution in [0.5, 0.6) is 5.75 Å². The highest BCUT2D eigenvalue weighted by Gasteiger charge is 2.22. The Balaban J connectivity index is 1.54. The standard InChI is InChI=1S/C20H19FN6O/c1-13-9-23-20(25-16-10-24-27(11-16)7-6-22)26-19(13)15-4-5-18(17(21)8-15)28-12-14-2-3-14/h4-5,8-11,14H,2-3,7,12H2,1H3,(H,23,25,26). The van der Waals surface area contributed by atoms with Gasteiger partial charge in [0.05, 0.1) is 30.3 Å². The number of halogens is 1. The number of hydrogen-bond donors (Lipinski definition) is 1. The minimum Gasteiger partial charge on any atom is -0.490 e. The lowest BCUT2D eigenvalue weighted by atomic mass is 10.1. The van der Waals surface area contributed by atoms with E-state index < -0.39 is 5.82 Å². The number of rotatable bonds is 7. The molecule has 1 aliphatic carbocycles. The third-order valence-corrected chi connectivity index (χ3v) is 4.47. The van der Waals surface area contributed by atoms with Crippen molar-refractivity contribution in [3.05, 3.63) is 48.2 Å². The van der Waals surface area contributed by atoms with Crippen LogP contribution in [0, 0.1) is 30.0 Å². The van der Waals surface area contributed by atoms with Gasteiger partial charge in [-0.3, -0.25) is 4.68 Å². The first kappa shape index (κ1) is 17.9. The third kappa shape index (κ3) is 4.09. The molecule has 1 aliphatic rings. The van der Waals surface area contributed by atoms with E-state index in [9.17, 15) is 4.39 Å². The van der Waals surface area contributed by atoms with Gasteiger partial charge in [-0.1, -0.05) is 0 Å². The fourth-order valence-corrected chi connectivity index (χ4v) is 2.77. The molecule has 0 bridgehead atoms. The molecule has 7 nitrogen and oxygen atoms in total. The van der Waals surface area contributed by atoms with E-state index in [-0.39, 0.29) is 12.3 Å². The van der Waals surface area contributed by atoms with E-state index in [1.165, 1.54) is 10.7 Å². The Morgan fingerprint density at radius 2 is 2.21 bits per heavy atom. The smallest absolute Gasteiger partial charge is 0.227 e. The van der Waals surface area contributed by atoms with E-state index in [2.05, 4.69) is 20.4 Å². The number of aryl methyl sites for hydroxylation is 1. The number of hydrogen-bond acceptors (Lipinski definition) is 6. The van der Waals surface area contributed by atoms with Crippen molar-refractivity contribution < 1.29 is 9.13 Å². The van der Waals surface area contributed by atoms with Gasteiger partial charge in [-0.05, 0) is 49.4 Å². The Hall–Kier alpha value is -3.47. The summed E-state index contributed by atoms with van der Waals surface area (Å²) in [6.07, 6.45) is 7.28. The highest BCUT2D eigenvalue weighted by Crippen LogP contribution is 2.31. The molecular weight excluding hydrogens is 359 g/mol. The van der Waals surface area contributed by atoms with Crippen molar-refractivity contribution in [1.82, 2.24) is 19.7 Å². The van der Waals surface area contributed by atoms with Crippen molar-refractivity contribution in [2.75, 3.05) is 11.9 Å². The van der Waals surface area contributed by atoms with Crippen LogP contribution >= 0.6 is 0 Å². The number of ether oxygens (including phenoxy) is 1. The minimum atomic E-state index is -0.400. The molecule has 0 amide bonds. The van der Waals surface area contributed by atoms with Crippen LogP contribution in [0.2, 0.25) is 0 Å². The summed E-state index contributed by atoms with van der Waals surface area (Å²) in [6, 6.07) is 6.91. The molecule has 0 spiro atoms. The summed E-state index contributed by atoms with van der Waals surface area (Å²) >= 11 is 0. The van der Waals surface area contributed by atoms with Gasteiger partial charge in [0.2, 0.25) is 5.95 Å². The second kappa shape index (κ2) is 7.64. The van der Waals surface area contributed by atoms with E-state index >= 15 is 0 Å². The molecule has 28 heavy (non-hydrogen) atoms. The Bertz CT molecular complexity index is 1040. The number of nitrogens with zero attached hydrogens (tertiary/aromatic N) is 5. The van der Waals surface area contributed by atoms with E-state index in [0.717, 1.165) is 18.4 Å². The van der Waals surface area contributed by atoms with Crippen molar-refractivity contribution >= 4 is 11.6 Å². The van der Waals surface area contributed by atoms with Gasteiger partial charge in [-0.2, -0.15) is 10.4 Å². The fraction of sp³-hybridized carbons (Fsp3) is 0.300. The summed E-state index contributed by atoms with van der Waals surface area (Å²) in [7, 11) is 0. The summed E-state index contributed by atoms with van der Waals surface area (Å²) in [5.74, 6) is 0.801. The SMILES string of the molecule is Cc1cnc(Nc2cnn(CC#N)c2)nc1-c1ccc(OCC2CC2)c(F)c1. The normalized spacial score (nSPS) is 13.2. The summed E-state index contributed by atoms with van der Waals surface area (Å²) in [5, 5.41) is 15.8. The molecule has 0 aliphatic heterocycles. The molecular formula is C20H19FN6O. The maximum atomic E-state index is 14.4. The van der Waals surface area contributed by atoms with Crippen LogP contribution in [0.3, 0.4) is 0 Å². The topological polar surface area (TPSA) is 88.7 Å². The summed E-state index contributed by atoms with van der Waals surface area (Å²) < 4.78 is 21.5. The lowest BCUT2D eigenvalue weighted by Gasteiger charge is -2.10. The molecule has 0 atom stereocenters. The lowest BCUT2D eigenvalue weighted by Crippen LogP contribution is -2.02. The van der Waals surface area contributed by atoms with Gasteiger partial charge in [0.25, 0.3) is 0 Å². The summed E-state index contributed by atoms with van der Waals surface area (Å²) in [5.41, 5.74) is 2.78. The highest BCUT2D eigenvalue weighted by molar-refractivity contribution is 5.65. The molecule has 2 heterocycles. The molecule has 2 aromatic heterocycles. The van der Waals surface area contributed by atoms with E-state index in [1.54, 1.807) is 30.7 Å². The van der Waals surface area contributed by atoms with Crippen LogP contribution in [0.4, 0.5) is 16.0 Å². The maximum absolute atomic E-state index is 14.4. The fourth-order valence-electron chi connectivity index (χ4n) is 2.77. The van der Waals surface area contributed by atoms with Gasteiger partial charge in [-0.25, -0.2) is 14.4 Å². The van der Waals surface area contributed by atoms with Crippen molar-refractivity contribution in [2.45, 2.75) is 26.3 Å². The maximum Gasteiger partial charge on any atom is 0.227 e. The van der Waals surface area contributed by atoms with Crippen LogP contribution in [0.1, 0.15) is 18.4 Å². The molecule has 4 rings (SSSR count). The van der Waals surface area contributed by atoms with Gasteiger partial charge in [0.1, 0.15) is 6.54 Å². The number of anilines is 2. The second-order valence-corrected chi connectivity index (χ2v) is 6.83. The van der Waals surface area contributed by atoms with Crippen molar-refractivity contribution in [2.24, 2.45) is 5.92 Å². The first-order valence-electron chi connectivity index (χ1n) is 9.05. The molecule has 0 radical (unpaired) electrons. The zero-order chi connectivity index (χ0) is 19.5. The van der Waals surface area contributed by atoms with Gasteiger partial charge in [0, 0.05) is 18.0 Å². The zero-order valence-corrected chi connectivity index (χ0v) is 15.4. The Kier molecular flexibility index (Phi) is 4.89. The molecule has 1 saturated carbocycles. The molecule has 3 aromatic rings. The van der Waals surface area contributed by atoms with Crippen LogP contribution in [0.15, 0.2) is 36.8 Å². The zero-order valence-electron chi connectivity index (χ0n) is 15.4. The minimum absolute atomic E-state index is 0.163. The van der Waals surface area contributed by atoms with Crippen LogP contribution in [-0.4, -0.2) is 26.4 Å². The lowest BCUT2D eigenvalue weighted by molar-refractivity contribution is 0.285. The number of nitrogens with one attached hydrogen (secondary N) is 1. The molecule has 1 fully saturated rings. The molecule has 1 N–H and O–H groups in total. The predicted molar refractivity (Wildman–Crippen MR) is 102 cm³/mol. The van der Waals surface area contributed by atoms with Crippen molar-refractivity contribution in [1.29, 1.82) is 5.26 Å². The van der Waals surface area contributed by atoms with Crippen LogP contribution < -0.4 is 10.1 Å². The van der Waals surface area contributed by atoms with Crippen molar-refractivity contribution in [3.8, 4) is 23.1 Å². The van der Waals surface area contributed by atoms with E-state index in [1.807, 2.05) is 13.0 Å². The second-order valence-electron chi connectivity index (χ2n) is 6.83. The molecule has 0 unspecified atom stereocenters. The average Bonchev–Trinajstić information content (AvgIpc) is 3.41. The van der Waals surface area contributed by atoms with Gasteiger partial charge in [-0.15, -0.1) is 0 Å². The Morgan fingerprint density at radius 1 is 1.36 bits per heavy atom. The average molecular weight is 378 g/mol. The quantitative estimate of drug-likeness (QED) is 0.672. The number of nitriles is 1.